The van der Waals surface area contributed by atoms with Crippen LogP contribution in [0.5, 0.6) is 17.2 Å². The molecule has 1 unspecified atom stereocenters. The molecule has 214 valence electrons. The van der Waals surface area contributed by atoms with Gasteiger partial charge in [-0.2, -0.15) is 0 Å². The van der Waals surface area contributed by atoms with Crippen molar-refractivity contribution < 1.29 is 28.6 Å². The van der Waals surface area contributed by atoms with Gasteiger partial charge in [0.1, 0.15) is 35.4 Å². The summed E-state index contributed by atoms with van der Waals surface area (Å²) >= 11 is 0. The fourth-order valence-electron chi connectivity index (χ4n) is 5.17. The van der Waals surface area contributed by atoms with Gasteiger partial charge in [0.15, 0.2) is 0 Å². The van der Waals surface area contributed by atoms with Crippen molar-refractivity contribution in [2.24, 2.45) is 0 Å². The van der Waals surface area contributed by atoms with Gasteiger partial charge < -0.3 is 23.9 Å². The molecule has 1 aliphatic rings. The Hall–Kier alpha value is -5.56. The number of hydrogen-bond donors (Lipinski definition) is 1. The molecule has 7 nitrogen and oxygen atoms in total. The second-order valence-corrected chi connectivity index (χ2v) is 10.3. The second kappa shape index (κ2) is 12.1. The van der Waals surface area contributed by atoms with E-state index in [1.54, 1.807) is 60.7 Å². The van der Waals surface area contributed by atoms with Crippen LogP contribution in [0.25, 0.3) is 5.76 Å². The second-order valence-electron chi connectivity index (χ2n) is 10.3. The average molecular weight is 572 g/mol. The largest absolute Gasteiger partial charge is 0.507 e. The number of aliphatic hydroxyl groups is 1. The van der Waals surface area contributed by atoms with Crippen LogP contribution in [0.15, 0.2) is 132 Å². The van der Waals surface area contributed by atoms with E-state index in [0.29, 0.717) is 40.7 Å². The molecule has 1 aromatic heterocycles. The number of amides is 1. The van der Waals surface area contributed by atoms with Crippen LogP contribution < -0.4 is 9.47 Å². The van der Waals surface area contributed by atoms with Crippen LogP contribution in [0.1, 0.15) is 34.1 Å². The number of likely N-dealkylation sites (tertiary alicyclic amines) is 1. The summed E-state index contributed by atoms with van der Waals surface area (Å²) in [6.07, 6.45) is 1.51. The molecule has 1 N–H and O–H groups in total. The van der Waals surface area contributed by atoms with E-state index in [4.69, 9.17) is 13.9 Å². The van der Waals surface area contributed by atoms with Crippen molar-refractivity contribution >= 4 is 17.4 Å². The number of carbonyl (C=O) groups excluding carboxylic acids is 2. The number of para-hydroxylation sites is 1. The minimum absolute atomic E-state index is 0.0122. The summed E-state index contributed by atoms with van der Waals surface area (Å²) < 4.78 is 17.4. The minimum Gasteiger partial charge on any atom is -0.507 e. The molecule has 4 aromatic carbocycles. The molecule has 1 aliphatic heterocycles. The molecule has 2 heterocycles. The van der Waals surface area contributed by atoms with Crippen molar-refractivity contribution in [1.82, 2.24) is 4.90 Å². The van der Waals surface area contributed by atoms with Crippen molar-refractivity contribution in [3.05, 3.63) is 155 Å². The van der Waals surface area contributed by atoms with E-state index in [2.05, 4.69) is 6.07 Å². The van der Waals surface area contributed by atoms with E-state index < -0.39 is 17.7 Å². The Morgan fingerprint density at radius 3 is 2.33 bits per heavy atom. The smallest absolute Gasteiger partial charge is 0.296 e. The highest BCUT2D eigenvalue weighted by Crippen LogP contribution is 2.41. The van der Waals surface area contributed by atoms with Crippen molar-refractivity contribution in [1.29, 1.82) is 0 Å². The molecule has 43 heavy (non-hydrogen) atoms. The van der Waals surface area contributed by atoms with Crippen LogP contribution in [0.2, 0.25) is 0 Å². The average Bonchev–Trinajstić information content (AvgIpc) is 3.63. The number of ether oxygens (including phenoxy) is 2. The molecule has 1 saturated heterocycles. The number of carbonyl (C=O) groups is 2. The monoisotopic (exact) mass is 571 g/mol. The molecule has 0 radical (unpaired) electrons. The predicted octanol–water partition coefficient (Wildman–Crippen LogP) is 7.58. The van der Waals surface area contributed by atoms with Gasteiger partial charge >= 0.3 is 0 Å². The van der Waals surface area contributed by atoms with Gasteiger partial charge in [0.2, 0.25) is 0 Å². The molecule has 0 spiro atoms. The number of aryl methyl sites for hydroxylation is 1. The Morgan fingerprint density at radius 2 is 1.58 bits per heavy atom. The zero-order valence-electron chi connectivity index (χ0n) is 23.5. The number of furan rings is 1. The van der Waals surface area contributed by atoms with Crippen LogP contribution in [0.4, 0.5) is 0 Å². The van der Waals surface area contributed by atoms with Gasteiger partial charge in [0.25, 0.3) is 11.7 Å². The summed E-state index contributed by atoms with van der Waals surface area (Å²) in [5.74, 6) is 0.525. The molecule has 1 fully saturated rings. The third-order valence-electron chi connectivity index (χ3n) is 7.21. The molecule has 0 aliphatic carbocycles. The van der Waals surface area contributed by atoms with Crippen molar-refractivity contribution in [3.63, 3.8) is 0 Å². The minimum atomic E-state index is -0.873. The van der Waals surface area contributed by atoms with Crippen molar-refractivity contribution in [2.45, 2.75) is 26.1 Å². The first-order chi connectivity index (χ1) is 21.0. The van der Waals surface area contributed by atoms with Crippen LogP contribution >= 0.6 is 0 Å². The number of Topliss-reactive ketones (excluding diaryl/α,β-unsaturated/α-hetero) is 1. The maximum absolute atomic E-state index is 13.5. The fourth-order valence-corrected chi connectivity index (χ4v) is 5.17. The highest BCUT2D eigenvalue weighted by molar-refractivity contribution is 6.46. The third-order valence-corrected chi connectivity index (χ3v) is 7.21. The molecule has 0 saturated carbocycles. The SMILES string of the molecule is Cc1cccc(COc2ccc(C(O)=C3C(=O)C(=O)N(Cc4ccco4)C3c3cccc(Oc4ccccc4)c3)cc2)c1. The Balaban J connectivity index is 1.33. The van der Waals surface area contributed by atoms with Gasteiger partial charge in [-0.25, -0.2) is 0 Å². The predicted molar refractivity (Wildman–Crippen MR) is 161 cm³/mol. The van der Waals surface area contributed by atoms with E-state index in [1.807, 2.05) is 55.5 Å². The Labute approximate surface area is 249 Å². The molecular weight excluding hydrogens is 542 g/mol. The zero-order chi connectivity index (χ0) is 29.8. The van der Waals surface area contributed by atoms with E-state index in [9.17, 15) is 14.7 Å². The Kier molecular flexibility index (Phi) is 7.78. The molecule has 0 bridgehead atoms. The van der Waals surface area contributed by atoms with Crippen LogP contribution in [-0.4, -0.2) is 21.7 Å². The normalized spacial score (nSPS) is 15.9. The van der Waals surface area contributed by atoms with Crippen molar-refractivity contribution in [3.8, 4) is 17.2 Å². The number of benzene rings is 4. The highest BCUT2D eigenvalue weighted by atomic mass is 16.5. The summed E-state index contributed by atoms with van der Waals surface area (Å²) in [6, 6.07) is 33.9. The Morgan fingerprint density at radius 1 is 0.814 bits per heavy atom. The molecule has 1 atom stereocenters. The first-order valence-electron chi connectivity index (χ1n) is 13.9. The van der Waals surface area contributed by atoms with Crippen LogP contribution in [0, 0.1) is 6.92 Å². The number of ketones is 1. The lowest BCUT2D eigenvalue weighted by atomic mass is 9.95. The summed E-state index contributed by atoms with van der Waals surface area (Å²) in [5.41, 5.74) is 3.18. The lowest BCUT2D eigenvalue weighted by Gasteiger charge is -2.25. The van der Waals surface area contributed by atoms with Gasteiger partial charge in [-0.3, -0.25) is 9.59 Å². The van der Waals surface area contributed by atoms with Crippen LogP contribution in [0.3, 0.4) is 0 Å². The number of nitrogens with zero attached hydrogens (tertiary/aromatic N) is 1. The first kappa shape index (κ1) is 27.6. The van der Waals surface area contributed by atoms with E-state index in [-0.39, 0.29) is 17.9 Å². The number of rotatable bonds is 9. The molecule has 1 amide bonds. The van der Waals surface area contributed by atoms with E-state index in [0.717, 1.165) is 11.1 Å². The number of aliphatic hydroxyl groups excluding tert-OH is 1. The van der Waals surface area contributed by atoms with E-state index >= 15 is 0 Å². The summed E-state index contributed by atoms with van der Waals surface area (Å²) in [4.78, 5) is 28.3. The van der Waals surface area contributed by atoms with Crippen LogP contribution in [-0.2, 0) is 22.7 Å². The molecule has 6 rings (SSSR count). The van der Waals surface area contributed by atoms with Gasteiger partial charge in [0.05, 0.1) is 24.4 Å². The van der Waals surface area contributed by atoms with Gasteiger partial charge in [-0.05, 0) is 78.7 Å². The lowest BCUT2D eigenvalue weighted by Crippen LogP contribution is -2.29. The van der Waals surface area contributed by atoms with E-state index in [1.165, 1.54) is 11.2 Å². The topological polar surface area (TPSA) is 89.2 Å². The standard InChI is InChI=1S/C36H29NO6/c1-24-8-5-9-25(20-24)23-42-28-17-15-26(16-18-28)34(38)32-33(37(36(40)35(32)39)22-31-14-7-19-41-31)27-10-6-13-30(21-27)43-29-11-3-2-4-12-29/h2-21,33,38H,22-23H2,1H3. The summed E-state index contributed by atoms with van der Waals surface area (Å²) in [7, 11) is 0. The molecular formula is C36H29NO6. The lowest BCUT2D eigenvalue weighted by molar-refractivity contribution is -0.140. The number of hydrogen-bond acceptors (Lipinski definition) is 6. The first-order valence-corrected chi connectivity index (χ1v) is 13.9. The highest BCUT2D eigenvalue weighted by Gasteiger charge is 2.46. The van der Waals surface area contributed by atoms with Crippen molar-refractivity contribution in [2.75, 3.05) is 0 Å². The zero-order valence-corrected chi connectivity index (χ0v) is 23.5. The maximum Gasteiger partial charge on any atom is 0.296 e. The molecule has 7 heteroatoms. The summed E-state index contributed by atoms with van der Waals surface area (Å²) in [6.45, 7) is 2.47. The van der Waals surface area contributed by atoms with Gasteiger partial charge in [-0.1, -0.05) is 60.2 Å². The molecule has 5 aromatic rings. The summed E-state index contributed by atoms with van der Waals surface area (Å²) in [5, 5.41) is 11.5. The van der Waals surface area contributed by atoms with Gasteiger partial charge in [0, 0.05) is 5.56 Å². The fraction of sp³-hybridized carbons (Fsp3) is 0.111. The van der Waals surface area contributed by atoms with Gasteiger partial charge in [-0.15, -0.1) is 0 Å². The quantitative estimate of drug-likeness (QED) is 0.111. The Bertz CT molecular complexity index is 1770. The maximum atomic E-state index is 13.5. The third kappa shape index (κ3) is 6.06.